The molecule has 0 spiro atoms. The van der Waals surface area contributed by atoms with E-state index >= 15 is 0 Å². The van der Waals surface area contributed by atoms with E-state index in [1.165, 1.54) is 13.0 Å². The van der Waals surface area contributed by atoms with Crippen LogP contribution in [-0.2, 0) is 15.4 Å². The minimum atomic E-state index is -2.09. The Hall–Kier alpha value is -3.03. The van der Waals surface area contributed by atoms with E-state index in [-0.39, 0.29) is 17.1 Å². The third kappa shape index (κ3) is 2.90. The molecule has 0 fully saturated rings. The van der Waals surface area contributed by atoms with Gasteiger partial charge < -0.3 is 20.1 Å². The zero-order valence-corrected chi connectivity index (χ0v) is 12.7. The van der Waals surface area contributed by atoms with Gasteiger partial charge in [0.1, 0.15) is 11.5 Å². The van der Waals surface area contributed by atoms with Gasteiger partial charge in [-0.2, -0.15) is 0 Å². The highest BCUT2D eigenvalue weighted by Gasteiger charge is 2.39. The van der Waals surface area contributed by atoms with Crippen molar-refractivity contribution >= 4 is 11.7 Å². The summed E-state index contributed by atoms with van der Waals surface area (Å²) in [6.07, 6.45) is 1.26. The molecule has 0 bridgehead atoms. The summed E-state index contributed by atoms with van der Waals surface area (Å²) in [5, 5.41) is 30.2. The highest BCUT2D eigenvalue weighted by atomic mass is 16.7. The lowest BCUT2D eigenvalue weighted by Crippen LogP contribution is -2.38. The molecule has 0 saturated heterocycles. The summed E-state index contributed by atoms with van der Waals surface area (Å²) in [5.74, 6) is -3.13. The average molecular weight is 329 g/mol. The van der Waals surface area contributed by atoms with Crippen molar-refractivity contribution in [3.63, 3.8) is 0 Å². The highest BCUT2D eigenvalue weighted by molar-refractivity contribution is 5.72. The Morgan fingerprint density at radius 2 is 1.83 bits per heavy atom. The van der Waals surface area contributed by atoms with Crippen LogP contribution < -0.4 is 10.2 Å². The van der Waals surface area contributed by atoms with E-state index in [9.17, 15) is 20.1 Å². The number of ether oxygens (including phenoxy) is 1. The van der Waals surface area contributed by atoms with E-state index in [1.54, 1.807) is 24.3 Å². The third-order valence-corrected chi connectivity index (χ3v) is 3.42. The molecule has 1 heterocycles. The Morgan fingerprint density at radius 1 is 1.17 bits per heavy atom. The van der Waals surface area contributed by atoms with E-state index < -0.39 is 23.2 Å². The van der Waals surface area contributed by atoms with Gasteiger partial charge in [0.25, 0.3) is 0 Å². The van der Waals surface area contributed by atoms with Crippen LogP contribution in [0.3, 0.4) is 0 Å². The number of benzene rings is 2. The number of hydroxylamine groups is 1. The monoisotopic (exact) mass is 329 g/mol. The predicted molar refractivity (Wildman–Crippen MR) is 83.6 cm³/mol. The van der Waals surface area contributed by atoms with Crippen LogP contribution >= 0.6 is 0 Å². The summed E-state index contributed by atoms with van der Waals surface area (Å²) >= 11 is 0. The van der Waals surface area contributed by atoms with Gasteiger partial charge in [-0.25, -0.2) is 10.3 Å². The number of carbonyl (C=O) groups is 1. The topological polar surface area (TPSA) is 108 Å². The van der Waals surface area contributed by atoms with E-state index in [4.69, 9.17) is 9.57 Å². The molecule has 0 radical (unpaired) electrons. The van der Waals surface area contributed by atoms with E-state index in [2.05, 4.69) is 5.48 Å². The van der Waals surface area contributed by atoms with Crippen molar-refractivity contribution in [2.45, 2.75) is 12.7 Å². The molecule has 1 amide bonds. The van der Waals surface area contributed by atoms with Gasteiger partial charge >= 0.3 is 0 Å². The first kappa shape index (κ1) is 15.9. The smallest absolute Gasteiger partial charge is 0.244 e. The molecule has 3 rings (SSSR count). The summed E-state index contributed by atoms with van der Waals surface area (Å²) in [6.45, 7) is 1.22. The quantitative estimate of drug-likeness (QED) is 0.388. The van der Waals surface area contributed by atoms with Crippen LogP contribution in [0.1, 0.15) is 18.1 Å². The van der Waals surface area contributed by atoms with Crippen LogP contribution in [0.5, 0.6) is 17.2 Å². The Bertz CT molecular complexity index is 817. The van der Waals surface area contributed by atoms with Crippen LogP contribution in [0.4, 0.5) is 0 Å². The molecule has 1 atom stereocenters. The summed E-state index contributed by atoms with van der Waals surface area (Å²) in [5.41, 5.74) is 2.76. The van der Waals surface area contributed by atoms with Gasteiger partial charge in [0.15, 0.2) is 11.5 Å². The fourth-order valence-electron chi connectivity index (χ4n) is 2.30. The first-order chi connectivity index (χ1) is 11.4. The van der Waals surface area contributed by atoms with Gasteiger partial charge in [0.05, 0.1) is 5.56 Å². The van der Waals surface area contributed by atoms with Gasteiger partial charge in [-0.3, -0.25) is 4.79 Å². The minimum Gasteiger partial charge on any atom is -0.504 e. The second-order valence-corrected chi connectivity index (χ2v) is 5.27. The number of carbonyl (C=O) groups excluding carboxylic acids is 1. The molecule has 124 valence electrons. The molecule has 7 heteroatoms. The van der Waals surface area contributed by atoms with Crippen LogP contribution in [0, 0.1) is 0 Å². The zero-order chi connectivity index (χ0) is 17.3. The largest absolute Gasteiger partial charge is 0.504 e. The van der Waals surface area contributed by atoms with E-state index in [0.29, 0.717) is 5.56 Å². The molecule has 1 unspecified atom stereocenters. The Labute approximate surface area is 137 Å². The molecule has 24 heavy (non-hydrogen) atoms. The lowest BCUT2D eigenvalue weighted by atomic mass is 9.98. The van der Waals surface area contributed by atoms with Gasteiger partial charge in [-0.15, -0.1) is 0 Å². The Kier molecular flexibility index (Phi) is 3.88. The van der Waals surface area contributed by atoms with Crippen molar-refractivity contribution in [1.82, 2.24) is 5.48 Å². The molecule has 0 aliphatic carbocycles. The van der Waals surface area contributed by atoms with Crippen molar-refractivity contribution in [1.29, 1.82) is 0 Å². The molecule has 1 aliphatic rings. The maximum atomic E-state index is 11.1. The number of aliphatic hydroxyl groups is 1. The standard InChI is InChI=1S/C17H15NO6/c1-10(19)18-24-17(22)9-16(11-5-3-2-4-6-11)23-15-8-14(21)13(20)7-12(15)17/h2-9,20-22H,1H3,(H,18,19). The lowest BCUT2D eigenvalue weighted by Gasteiger charge is -2.31. The maximum Gasteiger partial charge on any atom is 0.244 e. The lowest BCUT2D eigenvalue weighted by molar-refractivity contribution is -0.217. The van der Waals surface area contributed by atoms with Crippen LogP contribution in [-0.4, -0.2) is 21.2 Å². The van der Waals surface area contributed by atoms with Crippen molar-refractivity contribution in [3.05, 3.63) is 59.7 Å². The van der Waals surface area contributed by atoms with Crippen molar-refractivity contribution < 1.29 is 29.7 Å². The normalized spacial score (nSPS) is 19.0. The molecule has 2 aromatic rings. The Balaban J connectivity index is 2.11. The SMILES string of the molecule is CC(=O)NOC1(O)C=C(c2ccccc2)Oc2cc(O)c(O)cc21. The molecule has 0 aromatic heterocycles. The molecular weight excluding hydrogens is 314 g/mol. The average Bonchev–Trinajstić information content (AvgIpc) is 2.56. The second-order valence-electron chi connectivity index (χ2n) is 5.27. The van der Waals surface area contributed by atoms with Crippen molar-refractivity contribution in [2.75, 3.05) is 0 Å². The summed E-state index contributed by atoms with van der Waals surface area (Å²) in [6, 6.07) is 11.2. The molecule has 2 aromatic carbocycles. The first-order valence-electron chi connectivity index (χ1n) is 7.08. The Morgan fingerprint density at radius 3 is 2.50 bits per heavy atom. The minimum absolute atomic E-state index is 0.0335. The molecule has 7 nitrogen and oxygen atoms in total. The molecule has 1 aliphatic heterocycles. The number of rotatable bonds is 3. The second kappa shape index (κ2) is 5.88. The van der Waals surface area contributed by atoms with Crippen LogP contribution in [0.2, 0.25) is 0 Å². The molecule has 4 N–H and O–H groups in total. The summed E-state index contributed by atoms with van der Waals surface area (Å²) < 4.78 is 5.69. The van der Waals surface area contributed by atoms with Gasteiger partial charge in [0.2, 0.25) is 11.7 Å². The van der Waals surface area contributed by atoms with Gasteiger partial charge in [-0.1, -0.05) is 30.3 Å². The number of hydrogen-bond acceptors (Lipinski definition) is 6. The third-order valence-electron chi connectivity index (χ3n) is 3.42. The van der Waals surface area contributed by atoms with Crippen LogP contribution in [0.15, 0.2) is 48.5 Å². The number of phenolic OH excluding ortho intramolecular Hbond substituents is 2. The van der Waals surface area contributed by atoms with Crippen LogP contribution in [0.25, 0.3) is 5.76 Å². The number of fused-ring (bicyclic) bond motifs is 1. The predicted octanol–water partition coefficient (Wildman–Crippen LogP) is 1.74. The van der Waals surface area contributed by atoms with Gasteiger partial charge in [0, 0.05) is 24.6 Å². The number of amides is 1. The number of nitrogens with one attached hydrogen (secondary N) is 1. The van der Waals surface area contributed by atoms with E-state index in [0.717, 1.165) is 12.1 Å². The summed E-state index contributed by atoms with van der Waals surface area (Å²) in [4.78, 5) is 16.2. The van der Waals surface area contributed by atoms with Gasteiger partial charge in [-0.05, 0) is 6.07 Å². The van der Waals surface area contributed by atoms with E-state index in [1.807, 2.05) is 6.07 Å². The fraction of sp³-hybridized carbons (Fsp3) is 0.118. The van der Waals surface area contributed by atoms with Crippen molar-refractivity contribution in [2.24, 2.45) is 0 Å². The maximum absolute atomic E-state index is 11.1. The summed E-state index contributed by atoms with van der Waals surface area (Å²) in [7, 11) is 0. The first-order valence-corrected chi connectivity index (χ1v) is 7.08. The number of hydrogen-bond donors (Lipinski definition) is 4. The molecule has 0 saturated carbocycles. The molecular formula is C17H15NO6. The zero-order valence-electron chi connectivity index (χ0n) is 12.7. The number of phenols is 2. The fourth-order valence-corrected chi connectivity index (χ4v) is 2.30. The highest BCUT2D eigenvalue weighted by Crippen LogP contribution is 2.45. The number of aromatic hydroxyl groups is 2. The van der Waals surface area contributed by atoms with Crippen molar-refractivity contribution in [3.8, 4) is 17.2 Å².